The molecule has 3 atom stereocenters. The third kappa shape index (κ3) is 5.53. The molecule has 1 aliphatic carbocycles. The van der Waals surface area contributed by atoms with Gasteiger partial charge in [0.1, 0.15) is 6.79 Å². The van der Waals surface area contributed by atoms with Crippen LogP contribution in [0.15, 0.2) is 78.9 Å². The van der Waals surface area contributed by atoms with Crippen LogP contribution in [0.4, 0.5) is 0 Å². The summed E-state index contributed by atoms with van der Waals surface area (Å²) in [5.74, 6) is 1.04. The lowest BCUT2D eigenvalue weighted by Gasteiger charge is -2.20. The van der Waals surface area contributed by atoms with Gasteiger partial charge in [-0.15, -0.1) is 0 Å². The Morgan fingerprint density at radius 1 is 0.844 bits per heavy atom. The van der Waals surface area contributed by atoms with E-state index in [0.717, 1.165) is 29.5 Å². The summed E-state index contributed by atoms with van der Waals surface area (Å²) < 4.78 is 11.4. The van der Waals surface area contributed by atoms with E-state index in [-0.39, 0.29) is 18.5 Å². The van der Waals surface area contributed by atoms with Gasteiger partial charge in [0.25, 0.3) is 0 Å². The lowest BCUT2D eigenvalue weighted by molar-refractivity contribution is -0.0745. The van der Waals surface area contributed by atoms with Gasteiger partial charge in [-0.2, -0.15) is 0 Å². The molecule has 3 aromatic carbocycles. The highest BCUT2D eigenvalue weighted by atomic mass is 16.7. The topological polar surface area (TPSA) is 35.5 Å². The normalized spacial score (nSPS) is 20.4. The lowest BCUT2D eigenvalue weighted by Crippen LogP contribution is -2.22. The van der Waals surface area contributed by atoms with Crippen LogP contribution in [0, 0.1) is 24.7 Å². The van der Waals surface area contributed by atoms with E-state index in [9.17, 15) is 4.79 Å². The Hall–Kier alpha value is -2.75. The fourth-order valence-corrected chi connectivity index (χ4v) is 4.63. The first-order valence-corrected chi connectivity index (χ1v) is 11.5. The van der Waals surface area contributed by atoms with E-state index < -0.39 is 0 Å². The number of hydrogen-bond acceptors (Lipinski definition) is 3. The van der Waals surface area contributed by atoms with Crippen molar-refractivity contribution in [2.24, 2.45) is 17.8 Å². The molecule has 1 aliphatic rings. The first-order chi connectivity index (χ1) is 15.6. The quantitative estimate of drug-likeness (QED) is 0.216. The largest absolute Gasteiger partial charge is 0.355 e. The van der Waals surface area contributed by atoms with Crippen LogP contribution < -0.4 is 0 Å². The minimum absolute atomic E-state index is 0.0686. The molecule has 0 aromatic heterocycles. The second-order valence-electron chi connectivity index (χ2n) is 8.93. The number of rotatable bonds is 9. The zero-order valence-corrected chi connectivity index (χ0v) is 19.0. The number of ketones is 1. The fraction of sp³-hybridized carbons (Fsp3) is 0.345. The maximum atomic E-state index is 13.2. The zero-order chi connectivity index (χ0) is 22.3. The first-order valence-electron chi connectivity index (χ1n) is 11.5. The Morgan fingerprint density at radius 3 is 2.19 bits per heavy atom. The Kier molecular flexibility index (Phi) is 7.51. The second kappa shape index (κ2) is 10.7. The van der Waals surface area contributed by atoms with Crippen molar-refractivity contribution in [1.29, 1.82) is 0 Å². The van der Waals surface area contributed by atoms with Crippen LogP contribution in [0.1, 0.15) is 41.3 Å². The summed E-state index contributed by atoms with van der Waals surface area (Å²) in [5.41, 5.74) is 5.52. The van der Waals surface area contributed by atoms with Crippen LogP contribution in [0.3, 0.4) is 0 Å². The molecular formula is C29H32O3. The molecule has 3 aromatic rings. The van der Waals surface area contributed by atoms with Crippen molar-refractivity contribution in [3.63, 3.8) is 0 Å². The molecule has 3 heteroatoms. The van der Waals surface area contributed by atoms with Gasteiger partial charge < -0.3 is 9.47 Å². The van der Waals surface area contributed by atoms with Gasteiger partial charge in [-0.1, -0.05) is 91.3 Å². The van der Waals surface area contributed by atoms with E-state index in [1.807, 2.05) is 42.5 Å². The number of benzene rings is 3. The molecule has 2 unspecified atom stereocenters. The molecule has 1 fully saturated rings. The highest BCUT2D eigenvalue weighted by Gasteiger charge is 2.37. The summed E-state index contributed by atoms with van der Waals surface area (Å²) in [7, 11) is 0. The molecule has 0 spiro atoms. The molecule has 1 saturated carbocycles. The van der Waals surface area contributed by atoms with Crippen molar-refractivity contribution in [1.82, 2.24) is 0 Å². The average Bonchev–Trinajstić information content (AvgIpc) is 3.20. The second-order valence-corrected chi connectivity index (χ2v) is 8.93. The van der Waals surface area contributed by atoms with Crippen molar-refractivity contribution >= 4 is 5.78 Å². The van der Waals surface area contributed by atoms with Crippen molar-refractivity contribution in [2.45, 2.75) is 33.3 Å². The summed E-state index contributed by atoms with van der Waals surface area (Å²) in [4.78, 5) is 13.2. The first kappa shape index (κ1) is 22.4. The maximum Gasteiger partial charge on any atom is 0.166 e. The summed E-state index contributed by atoms with van der Waals surface area (Å²) in [6, 6.07) is 26.6. The molecule has 0 amide bonds. The van der Waals surface area contributed by atoms with E-state index in [1.165, 1.54) is 11.1 Å². The molecule has 3 nitrogen and oxygen atoms in total. The lowest BCUT2D eigenvalue weighted by atomic mass is 9.86. The van der Waals surface area contributed by atoms with Crippen LogP contribution >= 0.6 is 0 Å². The number of Topliss-reactive ketones (excluding diaryl/α,β-unsaturated/α-hetero) is 1. The molecule has 0 aliphatic heterocycles. The van der Waals surface area contributed by atoms with Gasteiger partial charge in [-0.05, 0) is 48.3 Å². The monoisotopic (exact) mass is 428 g/mol. The summed E-state index contributed by atoms with van der Waals surface area (Å²) in [5, 5.41) is 0. The van der Waals surface area contributed by atoms with E-state index in [1.54, 1.807) is 0 Å². The van der Waals surface area contributed by atoms with Gasteiger partial charge in [0, 0.05) is 11.5 Å². The number of ether oxygens (including phenoxy) is 2. The van der Waals surface area contributed by atoms with Crippen molar-refractivity contribution in [2.75, 3.05) is 13.4 Å². The molecule has 32 heavy (non-hydrogen) atoms. The predicted octanol–water partition coefficient (Wildman–Crippen LogP) is 6.70. The summed E-state index contributed by atoms with van der Waals surface area (Å²) in [6.07, 6.45) is 1.95. The maximum absolute atomic E-state index is 13.2. The number of carbonyl (C=O) groups excluding carboxylic acids is 1. The van der Waals surface area contributed by atoms with Crippen molar-refractivity contribution in [3.05, 3.63) is 95.6 Å². The Morgan fingerprint density at radius 2 is 1.50 bits per heavy atom. The number of carbonyl (C=O) groups is 1. The summed E-state index contributed by atoms with van der Waals surface area (Å²) >= 11 is 0. The summed E-state index contributed by atoms with van der Waals surface area (Å²) in [6.45, 7) is 5.77. The Bertz CT molecular complexity index is 993. The van der Waals surface area contributed by atoms with E-state index in [2.05, 4.69) is 50.2 Å². The highest BCUT2D eigenvalue weighted by molar-refractivity contribution is 5.98. The van der Waals surface area contributed by atoms with E-state index in [4.69, 9.17) is 9.47 Å². The molecular weight excluding hydrogens is 396 g/mol. The standard InChI is InChI=1S/C29H32O3/c1-21-8-10-24(11-9-21)25-12-14-26(15-13-25)29(30)28-17-16-27(22(28)2)19-32-20-31-18-23-6-4-3-5-7-23/h3-15,22,27-28H,16-20H2,1-2H3/t22?,27?,28-/m0/s1. The minimum Gasteiger partial charge on any atom is -0.355 e. The molecule has 0 N–H and O–H groups in total. The van der Waals surface area contributed by atoms with Crippen LogP contribution in [0.25, 0.3) is 11.1 Å². The number of hydrogen-bond donors (Lipinski definition) is 0. The number of aryl methyl sites for hydroxylation is 1. The van der Waals surface area contributed by atoms with E-state index >= 15 is 0 Å². The van der Waals surface area contributed by atoms with Gasteiger partial charge in [-0.3, -0.25) is 4.79 Å². The van der Waals surface area contributed by atoms with Crippen molar-refractivity contribution < 1.29 is 14.3 Å². The third-order valence-electron chi connectivity index (χ3n) is 6.73. The average molecular weight is 429 g/mol. The SMILES string of the molecule is Cc1ccc(-c2ccc(C(=O)[C@H]3CCC(COCOCc4ccccc4)C3C)cc2)cc1. The molecule has 0 saturated heterocycles. The Balaban J connectivity index is 1.26. The zero-order valence-electron chi connectivity index (χ0n) is 19.0. The molecule has 0 heterocycles. The van der Waals surface area contributed by atoms with Gasteiger partial charge in [0.15, 0.2) is 5.78 Å². The van der Waals surface area contributed by atoms with Crippen molar-refractivity contribution in [3.8, 4) is 11.1 Å². The van der Waals surface area contributed by atoms with E-state index in [0.29, 0.717) is 25.0 Å². The molecule has 4 rings (SSSR count). The van der Waals surface area contributed by atoms with Crippen LogP contribution in [0.5, 0.6) is 0 Å². The van der Waals surface area contributed by atoms with Crippen LogP contribution in [0.2, 0.25) is 0 Å². The molecule has 166 valence electrons. The van der Waals surface area contributed by atoms with Gasteiger partial charge in [-0.25, -0.2) is 0 Å². The third-order valence-corrected chi connectivity index (χ3v) is 6.73. The molecule has 0 radical (unpaired) electrons. The van der Waals surface area contributed by atoms with Crippen LogP contribution in [-0.4, -0.2) is 19.2 Å². The van der Waals surface area contributed by atoms with Gasteiger partial charge in [0.05, 0.1) is 13.2 Å². The molecule has 0 bridgehead atoms. The van der Waals surface area contributed by atoms with Crippen LogP contribution in [-0.2, 0) is 16.1 Å². The smallest absolute Gasteiger partial charge is 0.166 e. The Labute approximate surface area is 191 Å². The predicted molar refractivity (Wildman–Crippen MR) is 128 cm³/mol. The van der Waals surface area contributed by atoms with Gasteiger partial charge in [0.2, 0.25) is 0 Å². The minimum atomic E-state index is 0.0686. The fourth-order valence-electron chi connectivity index (χ4n) is 4.63. The van der Waals surface area contributed by atoms with Gasteiger partial charge >= 0.3 is 0 Å². The highest BCUT2D eigenvalue weighted by Crippen LogP contribution is 2.39.